The number of hydrogen-bond donors (Lipinski definition) is 1. The molecule has 1 amide bonds. The van der Waals surface area contributed by atoms with E-state index < -0.39 is 0 Å². The van der Waals surface area contributed by atoms with Crippen molar-refractivity contribution in [2.75, 3.05) is 13.2 Å². The Morgan fingerprint density at radius 2 is 2.05 bits per heavy atom. The van der Waals surface area contributed by atoms with Crippen molar-refractivity contribution in [3.63, 3.8) is 0 Å². The fourth-order valence-corrected chi connectivity index (χ4v) is 2.78. The van der Waals surface area contributed by atoms with E-state index in [1.165, 1.54) is 0 Å². The van der Waals surface area contributed by atoms with Gasteiger partial charge in [0.15, 0.2) is 0 Å². The molecule has 1 N–H and O–H groups in total. The molecule has 19 heavy (non-hydrogen) atoms. The van der Waals surface area contributed by atoms with Gasteiger partial charge in [-0.05, 0) is 37.0 Å². The van der Waals surface area contributed by atoms with Gasteiger partial charge in [-0.15, -0.1) is 0 Å². The molecule has 3 rings (SSSR count). The number of hydrogen-bond acceptors (Lipinski definition) is 3. The van der Waals surface area contributed by atoms with Crippen LogP contribution in [0.4, 0.5) is 0 Å². The molecule has 0 spiro atoms. The van der Waals surface area contributed by atoms with Gasteiger partial charge in [0, 0.05) is 6.04 Å². The summed E-state index contributed by atoms with van der Waals surface area (Å²) in [5, 5.41) is 3.30. The average molecular weight is 260 g/mol. The van der Waals surface area contributed by atoms with Gasteiger partial charge >= 0.3 is 0 Å². The standard InChI is InChI=1S/C15H20N2O2/c1-3-19-12-6-4-11(5-7-12)15-16-9-14(18)17(15)13-8-10(13)2/h4-7,10,13,15-16H,3,8-9H2,1-2H3. The van der Waals surface area contributed by atoms with Crippen molar-refractivity contribution in [3.8, 4) is 5.75 Å². The molecule has 0 aromatic heterocycles. The molecule has 102 valence electrons. The predicted octanol–water partition coefficient (Wildman–Crippen LogP) is 1.92. The van der Waals surface area contributed by atoms with Crippen LogP contribution < -0.4 is 10.1 Å². The molecule has 3 unspecified atom stereocenters. The monoisotopic (exact) mass is 260 g/mol. The number of carbonyl (C=O) groups is 1. The smallest absolute Gasteiger partial charge is 0.238 e. The predicted molar refractivity (Wildman–Crippen MR) is 72.8 cm³/mol. The zero-order valence-corrected chi connectivity index (χ0v) is 11.4. The third kappa shape index (κ3) is 2.32. The lowest BCUT2D eigenvalue weighted by Gasteiger charge is -2.25. The second-order valence-corrected chi connectivity index (χ2v) is 5.37. The molecular formula is C15H20N2O2. The summed E-state index contributed by atoms with van der Waals surface area (Å²) in [5.74, 6) is 1.73. The highest BCUT2D eigenvalue weighted by atomic mass is 16.5. The molecule has 4 heteroatoms. The van der Waals surface area contributed by atoms with E-state index in [-0.39, 0.29) is 12.1 Å². The molecule has 1 aliphatic heterocycles. The lowest BCUT2D eigenvalue weighted by atomic mass is 10.1. The first-order valence-corrected chi connectivity index (χ1v) is 6.98. The zero-order chi connectivity index (χ0) is 13.4. The van der Waals surface area contributed by atoms with Gasteiger partial charge in [-0.3, -0.25) is 10.1 Å². The quantitative estimate of drug-likeness (QED) is 0.899. The van der Waals surface area contributed by atoms with Gasteiger partial charge in [-0.25, -0.2) is 0 Å². The Morgan fingerprint density at radius 3 is 2.63 bits per heavy atom. The van der Waals surface area contributed by atoms with E-state index in [9.17, 15) is 4.79 Å². The van der Waals surface area contributed by atoms with Crippen LogP contribution in [0.15, 0.2) is 24.3 Å². The number of amides is 1. The van der Waals surface area contributed by atoms with E-state index in [0.717, 1.165) is 17.7 Å². The fourth-order valence-electron chi connectivity index (χ4n) is 2.78. The maximum absolute atomic E-state index is 12.0. The minimum Gasteiger partial charge on any atom is -0.494 e. The number of nitrogens with one attached hydrogen (secondary N) is 1. The molecule has 3 atom stereocenters. The number of rotatable bonds is 4. The van der Waals surface area contributed by atoms with Gasteiger partial charge < -0.3 is 9.64 Å². The van der Waals surface area contributed by atoms with Gasteiger partial charge in [-0.2, -0.15) is 0 Å². The summed E-state index contributed by atoms with van der Waals surface area (Å²) in [6, 6.07) is 8.44. The second-order valence-electron chi connectivity index (χ2n) is 5.37. The summed E-state index contributed by atoms with van der Waals surface area (Å²) in [6.45, 7) is 5.29. The normalized spacial score (nSPS) is 29.7. The largest absolute Gasteiger partial charge is 0.494 e. The number of carbonyl (C=O) groups excluding carboxylic acids is 1. The van der Waals surface area contributed by atoms with E-state index in [1.54, 1.807) is 0 Å². The van der Waals surface area contributed by atoms with Gasteiger partial charge in [0.05, 0.1) is 13.2 Å². The summed E-state index contributed by atoms with van der Waals surface area (Å²) in [7, 11) is 0. The molecule has 1 saturated carbocycles. The highest BCUT2D eigenvalue weighted by Gasteiger charge is 2.46. The molecule has 1 heterocycles. The summed E-state index contributed by atoms with van der Waals surface area (Å²) < 4.78 is 5.45. The average Bonchev–Trinajstić information content (AvgIpc) is 2.99. The molecule has 2 aliphatic rings. The van der Waals surface area contributed by atoms with Crippen LogP contribution in [0, 0.1) is 5.92 Å². The first-order valence-electron chi connectivity index (χ1n) is 6.98. The Kier molecular flexibility index (Phi) is 3.19. The Bertz CT molecular complexity index is 472. The first kappa shape index (κ1) is 12.5. The maximum atomic E-state index is 12.0. The van der Waals surface area contributed by atoms with Crippen molar-refractivity contribution in [1.29, 1.82) is 0 Å². The van der Waals surface area contributed by atoms with Crippen LogP contribution in [0.25, 0.3) is 0 Å². The Labute approximate surface area is 113 Å². The topological polar surface area (TPSA) is 41.6 Å². The van der Waals surface area contributed by atoms with Crippen LogP contribution in [-0.2, 0) is 4.79 Å². The molecule has 0 radical (unpaired) electrons. The highest BCUT2D eigenvalue weighted by molar-refractivity contribution is 5.81. The van der Waals surface area contributed by atoms with Crippen LogP contribution in [-0.4, -0.2) is 30.0 Å². The van der Waals surface area contributed by atoms with E-state index in [2.05, 4.69) is 12.2 Å². The van der Waals surface area contributed by atoms with Crippen LogP contribution in [0.5, 0.6) is 5.75 Å². The van der Waals surface area contributed by atoms with Crippen LogP contribution >= 0.6 is 0 Å². The lowest BCUT2D eigenvalue weighted by molar-refractivity contribution is -0.128. The number of nitrogens with zero attached hydrogens (tertiary/aromatic N) is 1. The molecular weight excluding hydrogens is 240 g/mol. The SMILES string of the molecule is CCOc1ccc(C2NCC(=O)N2C2CC2C)cc1. The molecule has 4 nitrogen and oxygen atoms in total. The second kappa shape index (κ2) is 4.85. The van der Waals surface area contributed by atoms with Gasteiger partial charge in [0.2, 0.25) is 5.91 Å². The number of ether oxygens (including phenoxy) is 1. The van der Waals surface area contributed by atoms with E-state index in [0.29, 0.717) is 25.1 Å². The van der Waals surface area contributed by atoms with Crippen LogP contribution in [0.3, 0.4) is 0 Å². The van der Waals surface area contributed by atoms with E-state index in [1.807, 2.05) is 36.1 Å². The van der Waals surface area contributed by atoms with Crippen LogP contribution in [0.1, 0.15) is 32.0 Å². The summed E-state index contributed by atoms with van der Waals surface area (Å²) in [4.78, 5) is 14.0. The van der Waals surface area contributed by atoms with Crippen molar-refractivity contribution in [3.05, 3.63) is 29.8 Å². The molecule has 2 fully saturated rings. The number of benzene rings is 1. The van der Waals surface area contributed by atoms with Crippen molar-refractivity contribution in [2.45, 2.75) is 32.5 Å². The molecule has 1 saturated heterocycles. The highest BCUT2D eigenvalue weighted by Crippen LogP contribution is 2.40. The lowest BCUT2D eigenvalue weighted by Crippen LogP contribution is -2.33. The molecule has 1 aromatic rings. The molecule has 0 bridgehead atoms. The minimum absolute atomic E-state index is 0.0260. The van der Waals surface area contributed by atoms with Gasteiger partial charge in [0.25, 0.3) is 0 Å². The van der Waals surface area contributed by atoms with Gasteiger partial charge in [-0.1, -0.05) is 19.1 Å². The third-order valence-electron chi connectivity index (χ3n) is 3.94. The summed E-state index contributed by atoms with van der Waals surface area (Å²) in [6.07, 6.45) is 1.15. The van der Waals surface area contributed by atoms with E-state index in [4.69, 9.17) is 4.74 Å². The fraction of sp³-hybridized carbons (Fsp3) is 0.533. The zero-order valence-electron chi connectivity index (χ0n) is 11.4. The third-order valence-corrected chi connectivity index (χ3v) is 3.94. The van der Waals surface area contributed by atoms with Crippen molar-refractivity contribution >= 4 is 5.91 Å². The maximum Gasteiger partial charge on any atom is 0.238 e. The van der Waals surface area contributed by atoms with Crippen molar-refractivity contribution < 1.29 is 9.53 Å². The Balaban J connectivity index is 1.78. The molecule has 1 aliphatic carbocycles. The van der Waals surface area contributed by atoms with E-state index >= 15 is 0 Å². The molecule has 1 aromatic carbocycles. The van der Waals surface area contributed by atoms with Crippen LogP contribution in [0.2, 0.25) is 0 Å². The van der Waals surface area contributed by atoms with Gasteiger partial charge in [0.1, 0.15) is 11.9 Å². The summed E-state index contributed by atoms with van der Waals surface area (Å²) in [5.41, 5.74) is 1.13. The van der Waals surface area contributed by atoms with Crippen molar-refractivity contribution in [1.82, 2.24) is 10.2 Å². The first-order chi connectivity index (χ1) is 9.20. The summed E-state index contributed by atoms with van der Waals surface area (Å²) >= 11 is 0. The van der Waals surface area contributed by atoms with Crippen molar-refractivity contribution in [2.24, 2.45) is 5.92 Å². The minimum atomic E-state index is 0.0260. The Hall–Kier alpha value is -1.55. The Morgan fingerprint density at radius 1 is 1.37 bits per heavy atom.